The molecule has 20 heavy (non-hydrogen) atoms. The summed E-state index contributed by atoms with van der Waals surface area (Å²) in [5.74, 6) is 0. The maximum Gasteiger partial charge on any atom is 0.0934 e. The van der Waals surface area contributed by atoms with Gasteiger partial charge in [0.1, 0.15) is 0 Å². The number of rotatable bonds is 3. The van der Waals surface area contributed by atoms with Crippen LogP contribution in [0.3, 0.4) is 0 Å². The van der Waals surface area contributed by atoms with Crippen LogP contribution in [0.15, 0.2) is 44.4 Å². The molecule has 0 heterocycles. The number of nitrogens with zero attached hydrogens (tertiary/aromatic N) is 1. The maximum atomic E-state index is 6.05. The van der Waals surface area contributed by atoms with E-state index in [1.807, 2.05) is 19.1 Å². The van der Waals surface area contributed by atoms with Crippen molar-refractivity contribution in [1.82, 2.24) is 0 Å². The van der Waals surface area contributed by atoms with Crippen LogP contribution in [0.1, 0.15) is 11.1 Å². The van der Waals surface area contributed by atoms with Crippen molar-refractivity contribution in [3.05, 3.63) is 60.4 Å². The Morgan fingerprint density at radius 1 is 1.10 bits per heavy atom. The zero-order valence-corrected chi connectivity index (χ0v) is 15.1. The van der Waals surface area contributed by atoms with Crippen molar-refractivity contribution in [2.24, 2.45) is 5.10 Å². The van der Waals surface area contributed by atoms with E-state index >= 15 is 0 Å². The summed E-state index contributed by atoms with van der Waals surface area (Å²) in [5.41, 5.74) is 5.54. The molecular weight excluding hydrogens is 427 g/mol. The maximum absolute atomic E-state index is 6.05. The highest BCUT2D eigenvalue weighted by atomic mass is 79.9. The number of hydrazone groups is 1. The molecule has 2 aromatic carbocycles. The lowest BCUT2D eigenvalue weighted by Crippen LogP contribution is -1.93. The van der Waals surface area contributed by atoms with Gasteiger partial charge >= 0.3 is 0 Å². The summed E-state index contributed by atoms with van der Waals surface area (Å²) in [5, 5.41) is 5.22. The van der Waals surface area contributed by atoms with Crippen molar-refractivity contribution in [1.29, 1.82) is 0 Å². The van der Waals surface area contributed by atoms with Gasteiger partial charge in [0.05, 0.1) is 21.9 Å². The van der Waals surface area contributed by atoms with Gasteiger partial charge in [0, 0.05) is 8.95 Å². The minimum absolute atomic E-state index is 0.529. The summed E-state index contributed by atoms with van der Waals surface area (Å²) >= 11 is 19.1. The molecule has 6 heteroatoms. The molecule has 0 spiro atoms. The van der Waals surface area contributed by atoms with Gasteiger partial charge in [0.25, 0.3) is 0 Å². The Bertz CT molecular complexity index is 629. The van der Waals surface area contributed by atoms with Crippen LogP contribution in [0.25, 0.3) is 0 Å². The number of hydrogen-bond donors (Lipinski definition) is 1. The highest BCUT2D eigenvalue weighted by molar-refractivity contribution is 9.11. The lowest BCUT2D eigenvalue weighted by Gasteiger charge is -2.06. The summed E-state index contributed by atoms with van der Waals surface area (Å²) in [6.45, 7) is 2.02. The second-order valence-electron chi connectivity index (χ2n) is 4.08. The van der Waals surface area contributed by atoms with Gasteiger partial charge in [-0.05, 0) is 42.3 Å². The fourth-order valence-electron chi connectivity index (χ4n) is 1.52. The van der Waals surface area contributed by atoms with Gasteiger partial charge in [0.15, 0.2) is 0 Å². The van der Waals surface area contributed by atoms with Gasteiger partial charge in [-0.2, -0.15) is 5.10 Å². The standard InChI is InChI=1S/C14H10Br2Cl2N2/c1-8-10(15)5-9(6-11(8)16)7-19-20-14-12(17)3-2-4-13(14)18/h2-7,20H,1H3/b19-7+. The van der Waals surface area contributed by atoms with Crippen LogP contribution in [-0.4, -0.2) is 6.21 Å². The Balaban J connectivity index is 2.19. The van der Waals surface area contributed by atoms with Gasteiger partial charge in [-0.1, -0.05) is 61.1 Å². The van der Waals surface area contributed by atoms with E-state index in [9.17, 15) is 0 Å². The number of anilines is 1. The van der Waals surface area contributed by atoms with Gasteiger partial charge < -0.3 is 0 Å². The van der Waals surface area contributed by atoms with E-state index in [4.69, 9.17) is 23.2 Å². The number of halogens is 4. The second kappa shape index (κ2) is 6.94. The van der Waals surface area contributed by atoms with Crippen molar-refractivity contribution < 1.29 is 0 Å². The molecule has 0 aliphatic carbocycles. The highest BCUT2D eigenvalue weighted by Crippen LogP contribution is 2.30. The third-order valence-corrected chi connectivity index (χ3v) is 4.93. The molecule has 2 aromatic rings. The first-order valence-electron chi connectivity index (χ1n) is 5.68. The Labute approximate surface area is 144 Å². The van der Waals surface area contributed by atoms with Crippen molar-refractivity contribution >= 4 is 67.0 Å². The first kappa shape index (κ1) is 15.8. The lowest BCUT2D eigenvalue weighted by atomic mass is 10.2. The molecule has 0 saturated heterocycles. The molecule has 0 atom stereocenters. The van der Waals surface area contributed by atoms with Gasteiger partial charge in [0.2, 0.25) is 0 Å². The van der Waals surface area contributed by atoms with E-state index in [-0.39, 0.29) is 0 Å². The molecule has 0 aromatic heterocycles. The molecule has 104 valence electrons. The average Bonchev–Trinajstić information content (AvgIpc) is 2.39. The van der Waals surface area contributed by atoms with Crippen molar-refractivity contribution in [2.75, 3.05) is 5.43 Å². The molecule has 0 radical (unpaired) electrons. The fraction of sp³-hybridized carbons (Fsp3) is 0.0714. The molecule has 0 aliphatic rings. The van der Waals surface area contributed by atoms with Crippen LogP contribution in [-0.2, 0) is 0 Å². The molecule has 0 unspecified atom stereocenters. The molecule has 2 nitrogen and oxygen atoms in total. The number of nitrogens with one attached hydrogen (secondary N) is 1. The Morgan fingerprint density at radius 3 is 2.20 bits per heavy atom. The first-order chi connectivity index (χ1) is 9.49. The van der Waals surface area contributed by atoms with E-state index in [1.54, 1.807) is 24.4 Å². The van der Waals surface area contributed by atoms with Crippen molar-refractivity contribution in [2.45, 2.75) is 6.92 Å². The predicted molar refractivity (Wildman–Crippen MR) is 94.3 cm³/mol. The zero-order chi connectivity index (χ0) is 14.7. The molecule has 2 rings (SSSR count). The number of hydrogen-bond acceptors (Lipinski definition) is 2. The molecule has 0 saturated carbocycles. The van der Waals surface area contributed by atoms with Crippen LogP contribution in [0.5, 0.6) is 0 Å². The average molecular weight is 437 g/mol. The van der Waals surface area contributed by atoms with E-state index < -0.39 is 0 Å². The molecular formula is C14H10Br2Cl2N2. The van der Waals surface area contributed by atoms with Gasteiger partial charge in [-0.25, -0.2) is 0 Å². The summed E-state index contributed by atoms with van der Waals surface area (Å²) in [6.07, 6.45) is 1.70. The van der Waals surface area contributed by atoms with E-state index in [2.05, 4.69) is 42.4 Å². The summed E-state index contributed by atoms with van der Waals surface area (Å²) in [4.78, 5) is 0. The number of benzene rings is 2. The Morgan fingerprint density at radius 2 is 1.65 bits per heavy atom. The Hall–Kier alpha value is -0.550. The van der Waals surface area contributed by atoms with Crippen LogP contribution >= 0.6 is 55.1 Å². The predicted octanol–water partition coefficient (Wildman–Crippen LogP) is 6.27. The van der Waals surface area contributed by atoms with E-state index in [0.29, 0.717) is 15.7 Å². The molecule has 0 amide bonds. The summed E-state index contributed by atoms with van der Waals surface area (Å²) in [7, 11) is 0. The van der Waals surface area contributed by atoms with Crippen molar-refractivity contribution in [3.63, 3.8) is 0 Å². The van der Waals surface area contributed by atoms with E-state index in [1.165, 1.54) is 0 Å². The second-order valence-corrected chi connectivity index (χ2v) is 6.60. The minimum Gasteiger partial charge on any atom is -0.275 e. The summed E-state index contributed by atoms with van der Waals surface area (Å²) < 4.78 is 2.04. The zero-order valence-electron chi connectivity index (χ0n) is 10.4. The first-order valence-corrected chi connectivity index (χ1v) is 8.02. The van der Waals surface area contributed by atoms with Crippen LogP contribution in [0, 0.1) is 6.92 Å². The SMILES string of the molecule is Cc1c(Br)cc(/C=N/Nc2c(Cl)cccc2Cl)cc1Br. The van der Waals surface area contributed by atoms with Gasteiger partial charge in [-0.15, -0.1) is 0 Å². The lowest BCUT2D eigenvalue weighted by molar-refractivity contribution is 1.34. The normalized spacial score (nSPS) is 11.1. The van der Waals surface area contributed by atoms with Gasteiger partial charge in [-0.3, -0.25) is 5.43 Å². The third-order valence-electron chi connectivity index (χ3n) is 2.66. The number of para-hydroxylation sites is 1. The monoisotopic (exact) mass is 434 g/mol. The topological polar surface area (TPSA) is 24.4 Å². The molecule has 0 aliphatic heterocycles. The Kier molecular flexibility index (Phi) is 5.49. The molecule has 0 fully saturated rings. The minimum atomic E-state index is 0.529. The van der Waals surface area contributed by atoms with E-state index in [0.717, 1.165) is 20.1 Å². The van der Waals surface area contributed by atoms with Crippen LogP contribution in [0.4, 0.5) is 5.69 Å². The quantitative estimate of drug-likeness (QED) is 0.445. The summed E-state index contributed by atoms with van der Waals surface area (Å²) in [6, 6.07) is 9.27. The van der Waals surface area contributed by atoms with Crippen molar-refractivity contribution in [3.8, 4) is 0 Å². The molecule has 1 N–H and O–H groups in total. The largest absolute Gasteiger partial charge is 0.275 e. The smallest absolute Gasteiger partial charge is 0.0934 e. The van der Waals surface area contributed by atoms with Crippen LogP contribution < -0.4 is 5.43 Å². The fourth-order valence-corrected chi connectivity index (χ4v) is 3.22. The molecule has 0 bridgehead atoms. The van der Waals surface area contributed by atoms with Crippen LogP contribution in [0.2, 0.25) is 10.0 Å². The third kappa shape index (κ3) is 3.76. The highest BCUT2D eigenvalue weighted by Gasteiger charge is 2.04.